The molecule has 0 unspecified atom stereocenters. The van der Waals surface area contributed by atoms with E-state index in [2.05, 4.69) is 4.98 Å². The van der Waals surface area contributed by atoms with E-state index in [9.17, 15) is 8.42 Å². The standard InChI is InChI=1S/C11H13N3O3S/c1-7-8(2)17-11(13-7)14-18(15,16)10-5-3-9(12)4-6-10/h3-6H,12H2,1-2H3,(H,13,14)/i3D,4D,5D,6D. The van der Waals surface area contributed by atoms with E-state index in [-0.39, 0.29) is 6.01 Å². The summed E-state index contributed by atoms with van der Waals surface area (Å²) in [5, 5.41) is 0. The first-order chi connectivity index (χ1) is 10.1. The second kappa shape index (κ2) is 4.34. The van der Waals surface area contributed by atoms with Crippen LogP contribution in [0.15, 0.2) is 33.5 Å². The molecule has 0 saturated carbocycles. The fraction of sp³-hybridized carbons (Fsp3) is 0.182. The van der Waals surface area contributed by atoms with Gasteiger partial charge in [-0.2, -0.15) is 4.98 Å². The molecule has 6 nitrogen and oxygen atoms in total. The summed E-state index contributed by atoms with van der Waals surface area (Å²) in [7, 11) is -4.42. The predicted molar refractivity (Wildman–Crippen MR) is 67.6 cm³/mol. The van der Waals surface area contributed by atoms with Crippen LogP contribution in [-0.2, 0) is 10.0 Å². The maximum atomic E-state index is 12.3. The number of nitrogens with zero attached hydrogens (tertiary/aromatic N) is 1. The number of anilines is 2. The zero-order valence-corrected chi connectivity index (χ0v) is 10.5. The zero-order valence-electron chi connectivity index (χ0n) is 13.7. The van der Waals surface area contributed by atoms with Crippen LogP contribution in [0.4, 0.5) is 11.7 Å². The molecule has 0 aliphatic carbocycles. The molecule has 18 heavy (non-hydrogen) atoms. The van der Waals surface area contributed by atoms with Crippen molar-refractivity contribution in [1.82, 2.24) is 4.98 Å². The Morgan fingerprint density at radius 2 is 1.94 bits per heavy atom. The van der Waals surface area contributed by atoms with Gasteiger partial charge in [0.05, 0.1) is 16.1 Å². The second-order valence-corrected chi connectivity index (χ2v) is 5.13. The SMILES string of the molecule is [2H]c1c([2H])c(S(=O)(=O)Nc2nc(C)c(C)o2)c([2H])c([2H])c1N. The van der Waals surface area contributed by atoms with Gasteiger partial charge in [-0.1, -0.05) is 0 Å². The molecule has 0 spiro atoms. The van der Waals surface area contributed by atoms with E-state index in [1.807, 2.05) is 4.72 Å². The van der Waals surface area contributed by atoms with E-state index in [0.29, 0.717) is 11.5 Å². The van der Waals surface area contributed by atoms with Crippen LogP contribution in [0.2, 0.25) is 0 Å². The number of hydrogen-bond donors (Lipinski definition) is 2. The molecule has 1 aromatic carbocycles. The largest absolute Gasteiger partial charge is 0.428 e. The van der Waals surface area contributed by atoms with Crippen LogP contribution in [0.3, 0.4) is 0 Å². The number of hydrogen-bond acceptors (Lipinski definition) is 5. The lowest BCUT2D eigenvalue weighted by Crippen LogP contribution is -2.13. The fourth-order valence-electron chi connectivity index (χ4n) is 1.13. The lowest BCUT2D eigenvalue weighted by Gasteiger charge is -2.04. The van der Waals surface area contributed by atoms with Crippen LogP contribution < -0.4 is 10.5 Å². The molecule has 0 amide bonds. The number of nitrogens with one attached hydrogen (secondary N) is 1. The summed E-state index contributed by atoms with van der Waals surface area (Å²) < 4.78 is 62.3. The fourth-order valence-corrected chi connectivity index (χ4v) is 1.92. The molecule has 0 saturated heterocycles. The number of sulfonamides is 1. The van der Waals surface area contributed by atoms with E-state index in [1.165, 1.54) is 0 Å². The minimum atomic E-state index is -4.42. The molecule has 7 heteroatoms. The minimum absolute atomic E-state index is 0.316. The predicted octanol–water partition coefficient (Wildman–Crippen LogP) is 1.67. The Bertz CT molecular complexity index is 815. The summed E-state index contributed by atoms with van der Waals surface area (Å²) in [6.07, 6.45) is 0. The van der Waals surface area contributed by atoms with Crippen molar-refractivity contribution >= 4 is 21.7 Å². The van der Waals surface area contributed by atoms with Crippen molar-refractivity contribution in [1.29, 1.82) is 0 Å². The van der Waals surface area contributed by atoms with E-state index < -0.39 is 44.8 Å². The third kappa shape index (κ3) is 2.45. The Balaban J connectivity index is 2.59. The molecule has 0 aliphatic heterocycles. The van der Waals surface area contributed by atoms with Gasteiger partial charge in [0.2, 0.25) is 0 Å². The van der Waals surface area contributed by atoms with Crippen molar-refractivity contribution in [3.63, 3.8) is 0 Å². The van der Waals surface area contributed by atoms with Gasteiger partial charge < -0.3 is 10.2 Å². The molecule has 2 rings (SSSR count). The van der Waals surface area contributed by atoms with Crippen LogP contribution in [0.5, 0.6) is 0 Å². The number of benzene rings is 1. The summed E-state index contributed by atoms with van der Waals surface area (Å²) in [4.78, 5) is 3.03. The number of nitrogens with two attached hydrogens (primary N) is 1. The molecule has 96 valence electrons. The van der Waals surface area contributed by atoms with Gasteiger partial charge in [-0.25, -0.2) is 13.1 Å². The van der Waals surface area contributed by atoms with Crippen LogP contribution in [0, 0.1) is 13.8 Å². The second-order valence-electron chi connectivity index (χ2n) is 3.51. The monoisotopic (exact) mass is 271 g/mol. The summed E-state index contributed by atoms with van der Waals surface area (Å²) >= 11 is 0. The van der Waals surface area contributed by atoms with E-state index in [1.54, 1.807) is 13.8 Å². The maximum Gasteiger partial charge on any atom is 0.309 e. The highest BCUT2D eigenvalue weighted by Gasteiger charge is 2.17. The number of nitrogen functional groups attached to an aromatic ring is 1. The van der Waals surface area contributed by atoms with Crippen LogP contribution in [-0.4, -0.2) is 13.4 Å². The molecule has 1 aromatic heterocycles. The molecule has 0 fully saturated rings. The normalized spacial score (nSPS) is 14.6. The number of oxazole rings is 1. The van der Waals surface area contributed by atoms with E-state index >= 15 is 0 Å². The first kappa shape index (κ1) is 8.15. The lowest BCUT2D eigenvalue weighted by molar-refractivity contribution is 0.542. The van der Waals surface area contributed by atoms with Gasteiger partial charge in [-0.05, 0) is 38.0 Å². The third-order valence-electron chi connectivity index (χ3n) is 2.14. The van der Waals surface area contributed by atoms with Crippen molar-refractivity contribution in [3.05, 3.63) is 35.6 Å². The number of aromatic nitrogens is 1. The van der Waals surface area contributed by atoms with Gasteiger partial charge in [0.15, 0.2) is 0 Å². The summed E-state index contributed by atoms with van der Waals surface area (Å²) in [5.74, 6) is 0.412. The molecule has 1 heterocycles. The van der Waals surface area contributed by atoms with Crippen molar-refractivity contribution < 1.29 is 18.3 Å². The maximum absolute atomic E-state index is 12.3. The molecule has 0 aliphatic rings. The van der Waals surface area contributed by atoms with Gasteiger partial charge in [0, 0.05) is 5.69 Å². The highest BCUT2D eigenvalue weighted by Crippen LogP contribution is 2.18. The first-order valence-corrected chi connectivity index (χ1v) is 6.37. The lowest BCUT2D eigenvalue weighted by atomic mass is 10.3. The highest BCUT2D eigenvalue weighted by molar-refractivity contribution is 7.92. The van der Waals surface area contributed by atoms with Crippen molar-refractivity contribution in [2.75, 3.05) is 10.5 Å². The van der Waals surface area contributed by atoms with Crippen molar-refractivity contribution in [2.45, 2.75) is 18.7 Å². The topological polar surface area (TPSA) is 98.2 Å². The zero-order chi connectivity index (χ0) is 16.8. The number of rotatable bonds is 3. The van der Waals surface area contributed by atoms with Crippen molar-refractivity contribution in [3.8, 4) is 0 Å². The Morgan fingerprint density at radius 3 is 2.44 bits per heavy atom. The molecule has 0 atom stereocenters. The van der Waals surface area contributed by atoms with Gasteiger partial charge in [-0.3, -0.25) is 0 Å². The van der Waals surface area contributed by atoms with Crippen LogP contribution in [0.1, 0.15) is 16.9 Å². The van der Waals surface area contributed by atoms with Gasteiger partial charge in [-0.15, -0.1) is 0 Å². The average molecular weight is 271 g/mol. The molecule has 0 bridgehead atoms. The van der Waals surface area contributed by atoms with Gasteiger partial charge in [0.25, 0.3) is 10.0 Å². The van der Waals surface area contributed by atoms with Gasteiger partial charge >= 0.3 is 6.01 Å². The summed E-state index contributed by atoms with van der Waals surface area (Å²) in [5.41, 5.74) is 5.47. The Hall–Kier alpha value is -2.02. The van der Waals surface area contributed by atoms with Gasteiger partial charge in [0.1, 0.15) is 5.76 Å². The molecule has 0 radical (unpaired) electrons. The van der Waals surface area contributed by atoms with E-state index in [4.69, 9.17) is 15.6 Å². The quantitative estimate of drug-likeness (QED) is 0.827. The third-order valence-corrected chi connectivity index (χ3v) is 3.33. The molecule has 2 aromatic rings. The summed E-state index contributed by atoms with van der Waals surface area (Å²) in [6.45, 7) is 3.22. The molecular weight excluding hydrogens is 254 g/mol. The Kier molecular flexibility index (Phi) is 1.96. The van der Waals surface area contributed by atoms with Crippen molar-refractivity contribution in [2.24, 2.45) is 0 Å². The molecule has 3 N–H and O–H groups in total. The smallest absolute Gasteiger partial charge is 0.309 e. The Morgan fingerprint density at radius 1 is 1.33 bits per heavy atom. The first-order valence-electron chi connectivity index (χ1n) is 6.89. The van der Waals surface area contributed by atoms with E-state index in [0.717, 1.165) is 0 Å². The van der Waals surface area contributed by atoms with Crippen LogP contribution >= 0.6 is 0 Å². The summed E-state index contributed by atoms with van der Waals surface area (Å²) in [6, 6.07) is -3.08. The molecular formula is C11H13N3O3S. The minimum Gasteiger partial charge on any atom is -0.428 e. The van der Waals surface area contributed by atoms with Crippen LogP contribution in [0.25, 0.3) is 0 Å². The average Bonchev–Trinajstić information content (AvgIpc) is 2.71. The Labute approximate surface area is 111 Å². The number of aryl methyl sites for hydroxylation is 2. The highest BCUT2D eigenvalue weighted by atomic mass is 32.2.